The molecule has 2 N–H and O–H groups in total. The van der Waals surface area contributed by atoms with Crippen LogP contribution >= 0.6 is 27.5 Å². The molecule has 0 aromatic heterocycles. The molecule has 5 nitrogen and oxygen atoms in total. The van der Waals surface area contributed by atoms with Gasteiger partial charge in [0.2, 0.25) is 0 Å². The van der Waals surface area contributed by atoms with Crippen LogP contribution in [0.5, 0.6) is 0 Å². The summed E-state index contributed by atoms with van der Waals surface area (Å²) >= 11 is 9.09. The Kier molecular flexibility index (Phi) is 4.13. The van der Waals surface area contributed by atoms with E-state index in [-0.39, 0.29) is 13.0 Å². The topological polar surface area (TPSA) is 77.8 Å². The van der Waals surface area contributed by atoms with Crippen molar-refractivity contribution in [3.63, 3.8) is 0 Å². The smallest absolute Gasteiger partial charge is 0.326 e. The zero-order valence-corrected chi connectivity index (χ0v) is 12.1. The highest BCUT2D eigenvalue weighted by molar-refractivity contribution is 9.10. The van der Waals surface area contributed by atoms with Crippen LogP contribution in [0, 0.1) is 0 Å². The van der Waals surface area contributed by atoms with Gasteiger partial charge in [0.1, 0.15) is 6.04 Å². The van der Waals surface area contributed by atoms with E-state index in [1.54, 1.807) is 12.1 Å². The molecule has 19 heavy (non-hydrogen) atoms. The number of carboxylic acids is 1. The summed E-state index contributed by atoms with van der Waals surface area (Å²) in [6.45, 7) is 0.0138. The third-order valence-corrected chi connectivity index (χ3v) is 3.61. The van der Waals surface area contributed by atoms with E-state index in [0.29, 0.717) is 15.1 Å². The summed E-state index contributed by atoms with van der Waals surface area (Å²) in [6, 6.07) is 3.67. The molecule has 1 aromatic carbocycles. The molecule has 2 unspecified atom stereocenters. The van der Waals surface area contributed by atoms with Gasteiger partial charge < -0.3 is 15.1 Å². The minimum absolute atomic E-state index is 0.0138. The Morgan fingerprint density at radius 2 is 2.05 bits per heavy atom. The summed E-state index contributed by atoms with van der Waals surface area (Å²) in [6.07, 6.45) is -0.768. The van der Waals surface area contributed by atoms with Crippen LogP contribution in [0.1, 0.15) is 16.8 Å². The molecule has 0 aliphatic carbocycles. The molecule has 1 heterocycles. The van der Waals surface area contributed by atoms with Crippen molar-refractivity contribution in [1.82, 2.24) is 4.90 Å². The molecule has 1 aliphatic heterocycles. The van der Waals surface area contributed by atoms with Crippen molar-refractivity contribution < 1.29 is 19.8 Å². The normalized spacial score (nSPS) is 22.6. The minimum atomic E-state index is -1.12. The lowest BCUT2D eigenvalue weighted by atomic mass is 10.1. The van der Waals surface area contributed by atoms with Crippen LogP contribution in [0.3, 0.4) is 0 Å². The summed E-state index contributed by atoms with van der Waals surface area (Å²) < 4.78 is 0.634. The Morgan fingerprint density at radius 1 is 1.37 bits per heavy atom. The van der Waals surface area contributed by atoms with Gasteiger partial charge in [-0.25, -0.2) is 4.79 Å². The maximum absolute atomic E-state index is 12.3. The van der Waals surface area contributed by atoms with E-state index in [1.807, 2.05) is 0 Å². The Hall–Kier alpha value is -1.11. The van der Waals surface area contributed by atoms with Crippen LogP contribution in [0.15, 0.2) is 22.7 Å². The lowest BCUT2D eigenvalue weighted by Gasteiger charge is -2.21. The van der Waals surface area contributed by atoms with Gasteiger partial charge in [-0.2, -0.15) is 0 Å². The SMILES string of the molecule is O=C(O)C1CC(O)CN1C(=O)c1cc(Cl)cc(Br)c1. The summed E-state index contributed by atoms with van der Waals surface area (Å²) in [5.74, 6) is -1.57. The van der Waals surface area contributed by atoms with Crippen molar-refractivity contribution in [3.8, 4) is 0 Å². The first-order chi connectivity index (χ1) is 8.88. The molecule has 1 saturated heterocycles. The van der Waals surface area contributed by atoms with E-state index < -0.39 is 24.0 Å². The number of nitrogens with zero attached hydrogens (tertiary/aromatic N) is 1. The van der Waals surface area contributed by atoms with Crippen LogP contribution in [0.2, 0.25) is 5.02 Å². The fraction of sp³-hybridized carbons (Fsp3) is 0.333. The molecule has 0 spiro atoms. The third kappa shape index (κ3) is 3.08. The van der Waals surface area contributed by atoms with Gasteiger partial charge in [-0.1, -0.05) is 27.5 Å². The maximum Gasteiger partial charge on any atom is 0.326 e. The molecule has 102 valence electrons. The molecule has 1 fully saturated rings. The fourth-order valence-electron chi connectivity index (χ4n) is 2.12. The van der Waals surface area contributed by atoms with Crippen LogP contribution in [0.4, 0.5) is 0 Å². The predicted molar refractivity (Wildman–Crippen MR) is 72.2 cm³/mol. The number of aliphatic hydroxyl groups is 1. The van der Waals surface area contributed by atoms with Crippen molar-refractivity contribution >= 4 is 39.4 Å². The number of β-amino-alcohol motifs (C(OH)–C–C–N with tert-alkyl or cyclic N) is 1. The van der Waals surface area contributed by atoms with Gasteiger partial charge in [0, 0.05) is 28.0 Å². The molecule has 2 rings (SSSR count). The second kappa shape index (κ2) is 5.48. The number of aliphatic hydroxyl groups excluding tert-OH is 1. The number of hydrogen-bond donors (Lipinski definition) is 2. The molecule has 0 radical (unpaired) electrons. The summed E-state index contributed by atoms with van der Waals surface area (Å²) in [4.78, 5) is 24.5. The standard InChI is InChI=1S/C12H11BrClNO4/c13-7-1-6(2-8(14)3-7)11(17)15-5-9(16)4-10(15)12(18)19/h1-3,9-10,16H,4-5H2,(H,18,19). The Labute approximate surface area is 122 Å². The van der Waals surface area contributed by atoms with Crippen molar-refractivity contribution in [3.05, 3.63) is 33.3 Å². The number of amides is 1. The zero-order valence-electron chi connectivity index (χ0n) is 9.72. The first kappa shape index (κ1) is 14.3. The molecule has 7 heteroatoms. The van der Waals surface area contributed by atoms with Gasteiger partial charge in [0.05, 0.1) is 6.10 Å². The Morgan fingerprint density at radius 3 is 2.63 bits per heavy atom. The number of carbonyl (C=O) groups is 2. The second-order valence-electron chi connectivity index (χ2n) is 4.36. The molecule has 0 saturated carbocycles. The van der Waals surface area contributed by atoms with Gasteiger partial charge >= 0.3 is 5.97 Å². The first-order valence-electron chi connectivity index (χ1n) is 5.56. The van der Waals surface area contributed by atoms with Crippen LogP contribution in [-0.4, -0.2) is 45.7 Å². The maximum atomic E-state index is 12.3. The number of halogens is 2. The Bertz CT molecular complexity index is 516. The van der Waals surface area contributed by atoms with E-state index in [9.17, 15) is 14.7 Å². The monoisotopic (exact) mass is 347 g/mol. The van der Waals surface area contributed by atoms with E-state index in [4.69, 9.17) is 16.7 Å². The Balaban J connectivity index is 2.30. The predicted octanol–water partition coefficient (Wildman–Crippen LogP) is 1.76. The van der Waals surface area contributed by atoms with Gasteiger partial charge in [-0.3, -0.25) is 4.79 Å². The number of carbonyl (C=O) groups excluding carboxylic acids is 1. The molecule has 1 aromatic rings. The molecule has 2 atom stereocenters. The van der Waals surface area contributed by atoms with E-state index in [1.165, 1.54) is 6.07 Å². The highest BCUT2D eigenvalue weighted by Crippen LogP contribution is 2.24. The fourth-order valence-corrected chi connectivity index (χ4v) is 2.98. The number of rotatable bonds is 2. The quantitative estimate of drug-likeness (QED) is 0.854. The lowest BCUT2D eigenvalue weighted by Crippen LogP contribution is -2.40. The van der Waals surface area contributed by atoms with Gasteiger partial charge in [-0.05, 0) is 18.2 Å². The summed E-state index contributed by atoms with van der Waals surface area (Å²) in [7, 11) is 0. The van der Waals surface area contributed by atoms with Gasteiger partial charge in [0.25, 0.3) is 5.91 Å². The number of aliphatic carboxylic acids is 1. The van der Waals surface area contributed by atoms with Gasteiger partial charge in [-0.15, -0.1) is 0 Å². The zero-order chi connectivity index (χ0) is 14.2. The molecule has 0 bridgehead atoms. The highest BCUT2D eigenvalue weighted by atomic mass is 79.9. The second-order valence-corrected chi connectivity index (χ2v) is 5.71. The molecule has 1 amide bonds. The van der Waals surface area contributed by atoms with Crippen LogP contribution in [0.25, 0.3) is 0 Å². The molecular weight excluding hydrogens is 337 g/mol. The first-order valence-corrected chi connectivity index (χ1v) is 6.73. The third-order valence-electron chi connectivity index (χ3n) is 2.93. The number of hydrogen-bond acceptors (Lipinski definition) is 3. The largest absolute Gasteiger partial charge is 0.480 e. The van der Waals surface area contributed by atoms with Gasteiger partial charge in [0.15, 0.2) is 0 Å². The summed E-state index contributed by atoms with van der Waals surface area (Å²) in [5.41, 5.74) is 0.291. The van der Waals surface area contributed by atoms with Crippen LogP contribution < -0.4 is 0 Å². The number of likely N-dealkylation sites (tertiary alicyclic amines) is 1. The highest BCUT2D eigenvalue weighted by Gasteiger charge is 2.39. The lowest BCUT2D eigenvalue weighted by molar-refractivity contribution is -0.141. The van der Waals surface area contributed by atoms with E-state index in [2.05, 4.69) is 15.9 Å². The summed E-state index contributed by atoms with van der Waals surface area (Å²) in [5, 5.41) is 19.0. The average molecular weight is 349 g/mol. The average Bonchev–Trinajstić information content (AvgIpc) is 2.69. The minimum Gasteiger partial charge on any atom is -0.480 e. The van der Waals surface area contributed by atoms with Crippen molar-refractivity contribution in [2.24, 2.45) is 0 Å². The number of benzene rings is 1. The van der Waals surface area contributed by atoms with Crippen LogP contribution in [-0.2, 0) is 4.79 Å². The molecule has 1 aliphatic rings. The number of carboxylic acid groups (broad SMARTS) is 1. The van der Waals surface area contributed by atoms with Crippen molar-refractivity contribution in [1.29, 1.82) is 0 Å². The van der Waals surface area contributed by atoms with E-state index in [0.717, 1.165) is 4.90 Å². The van der Waals surface area contributed by atoms with Crippen molar-refractivity contribution in [2.75, 3.05) is 6.54 Å². The molecular formula is C12H11BrClNO4. The van der Waals surface area contributed by atoms with E-state index >= 15 is 0 Å². The van der Waals surface area contributed by atoms with Crippen molar-refractivity contribution in [2.45, 2.75) is 18.6 Å².